The fourth-order valence-electron chi connectivity index (χ4n) is 5.06. The first-order chi connectivity index (χ1) is 15.2. The van der Waals surface area contributed by atoms with Gasteiger partial charge in [-0.05, 0) is 44.2 Å². The van der Waals surface area contributed by atoms with E-state index < -0.39 is 0 Å². The maximum atomic E-state index is 12.0. The Kier molecular flexibility index (Phi) is 4.36. The molecule has 4 aromatic heterocycles. The van der Waals surface area contributed by atoms with Crippen molar-refractivity contribution in [2.45, 2.75) is 50.6 Å². The summed E-state index contributed by atoms with van der Waals surface area (Å²) in [5.41, 5.74) is 3.92. The normalized spacial score (nSPS) is 21.9. The van der Waals surface area contributed by atoms with Gasteiger partial charge in [0.05, 0.1) is 0 Å². The summed E-state index contributed by atoms with van der Waals surface area (Å²) in [4.78, 5) is 31.0. The first kappa shape index (κ1) is 18.4. The van der Waals surface area contributed by atoms with Crippen molar-refractivity contribution in [2.75, 3.05) is 11.9 Å². The Labute approximate surface area is 179 Å². The van der Waals surface area contributed by atoms with Gasteiger partial charge in [-0.3, -0.25) is 4.79 Å². The fourth-order valence-corrected chi connectivity index (χ4v) is 5.06. The van der Waals surface area contributed by atoms with Gasteiger partial charge in [0.25, 0.3) is 0 Å². The molecule has 1 saturated heterocycles. The molecule has 0 spiro atoms. The van der Waals surface area contributed by atoms with Crippen LogP contribution in [0.5, 0.6) is 0 Å². The van der Waals surface area contributed by atoms with Gasteiger partial charge in [-0.15, -0.1) is 0 Å². The molecule has 8 heteroatoms. The van der Waals surface area contributed by atoms with Gasteiger partial charge in [0, 0.05) is 72.5 Å². The lowest BCUT2D eigenvalue weighted by atomic mass is 9.90. The number of amides is 1. The SMILES string of the molecule is O=C1CCCN1[C@H]1CC[C@@H](Nc2ncc3c(-c4ccc5nccn5c4)c[nH]c3n2)CC1. The quantitative estimate of drug-likeness (QED) is 0.531. The highest BCUT2D eigenvalue weighted by Gasteiger charge is 2.31. The van der Waals surface area contributed by atoms with Crippen LogP contribution >= 0.6 is 0 Å². The van der Waals surface area contributed by atoms with E-state index in [0.717, 1.165) is 72.9 Å². The Bertz CT molecular complexity index is 1250. The molecule has 31 heavy (non-hydrogen) atoms. The lowest BCUT2D eigenvalue weighted by molar-refractivity contribution is -0.130. The van der Waals surface area contributed by atoms with Crippen LogP contribution in [0.1, 0.15) is 38.5 Å². The summed E-state index contributed by atoms with van der Waals surface area (Å²) in [6.45, 7) is 0.935. The number of nitrogens with one attached hydrogen (secondary N) is 2. The molecule has 4 aromatic rings. The van der Waals surface area contributed by atoms with Crippen molar-refractivity contribution in [3.63, 3.8) is 0 Å². The summed E-state index contributed by atoms with van der Waals surface area (Å²) in [7, 11) is 0. The van der Waals surface area contributed by atoms with Crippen LogP contribution in [-0.4, -0.2) is 53.8 Å². The summed E-state index contributed by atoms with van der Waals surface area (Å²) in [5.74, 6) is 0.992. The van der Waals surface area contributed by atoms with E-state index in [4.69, 9.17) is 4.98 Å². The predicted molar refractivity (Wildman–Crippen MR) is 119 cm³/mol. The molecule has 6 rings (SSSR count). The molecule has 158 valence electrons. The van der Waals surface area contributed by atoms with Crippen LogP contribution in [0.4, 0.5) is 5.95 Å². The molecule has 1 aliphatic heterocycles. The number of aromatic nitrogens is 5. The van der Waals surface area contributed by atoms with Crippen LogP contribution in [0, 0.1) is 0 Å². The number of carbonyl (C=O) groups is 1. The molecule has 0 atom stereocenters. The van der Waals surface area contributed by atoms with Crippen molar-refractivity contribution in [3.05, 3.63) is 43.1 Å². The smallest absolute Gasteiger partial charge is 0.224 e. The number of aromatic amines is 1. The van der Waals surface area contributed by atoms with E-state index in [1.807, 2.05) is 29.1 Å². The average molecular weight is 416 g/mol. The highest BCUT2D eigenvalue weighted by Crippen LogP contribution is 2.30. The van der Waals surface area contributed by atoms with Gasteiger partial charge < -0.3 is 19.6 Å². The third-order valence-electron chi connectivity index (χ3n) is 6.71. The summed E-state index contributed by atoms with van der Waals surface area (Å²) in [6, 6.07) is 4.84. The minimum absolute atomic E-state index is 0.333. The number of nitrogens with zero attached hydrogens (tertiary/aromatic N) is 5. The molecule has 0 aromatic carbocycles. The van der Waals surface area contributed by atoms with Crippen LogP contribution in [0.25, 0.3) is 27.8 Å². The Morgan fingerprint density at radius 1 is 1.13 bits per heavy atom. The van der Waals surface area contributed by atoms with Crippen LogP contribution in [0.3, 0.4) is 0 Å². The largest absolute Gasteiger partial charge is 0.351 e. The molecule has 1 amide bonds. The van der Waals surface area contributed by atoms with Crippen LogP contribution in [0.15, 0.2) is 43.1 Å². The fraction of sp³-hybridized carbons (Fsp3) is 0.391. The van der Waals surface area contributed by atoms with Gasteiger partial charge in [0.2, 0.25) is 11.9 Å². The van der Waals surface area contributed by atoms with Crippen LogP contribution in [-0.2, 0) is 4.79 Å². The van der Waals surface area contributed by atoms with Gasteiger partial charge in [-0.1, -0.05) is 0 Å². The molecule has 1 saturated carbocycles. The lowest BCUT2D eigenvalue weighted by Crippen LogP contribution is -2.41. The van der Waals surface area contributed by atoms with Crippen molar-refractivity contribution in [2.24, 2.45) is 0 Å². The lowest BCUT2D eigenvalue weighted by Gasteiger charge is -2.34. The van der Waals surface area contributed by atoms with Crippen molar-refractivity contribution < 1.29 is 4.79 Å². The maximum Gasteiger partial charge on any atom is 0.224 e. The predicted octanol–water partition coefficient (Wildman–Crippen LogP) is 3.62. The van der Waals surface area contributed by atoms with Gasteiger partial charge >= 0.3 is 0 Å². The minimum Gasteiger partial charge on any atom is -0.351 e. The first-order valence-electron chi connectivity index (χ1n) is 11.1. The monoisotopic (exact) mass is 415 g/mol. The number of anilines is 1. The van der Waals surface area contributed by atoms with Gasteiger partial charge in [-0.25, -0.2) is 9.97 Å². The van der Waals surface area contributed by atoms with E-state index in [0.29, 0.717) is 23.9 Å². The molecular formula is C23H25N7O. The number of hydrogen-bond acceptors (Lipinski definition) is 5. The van der Waals surface area contributed by atoms with Gasteiger partial charge in [0.1, 0.15) is 11.3 Å². The molecule has 5 heterocycles. The molecule has 2 aliphatic rings. The number of likely N-dealkylation sites (tertiary alicyclic amines) is 1. The molecule has 0 bridgehead atoms. The zero-order valence-electron chi connectivity index (χ0n) is 17.3. The van der Waals surface area contributed by atoms with E-state index in [1.54, 1.807) is 6.20 Å². The first-order valence-corrected chi connectivity index (χ1v) is 11.1. The third-order valence-corrected chi connectivity index (χ3v) is 6.71. The molecule has 2 fully saturated rings. The van der Waals surface area contributed by atoms with E-state index in [1.165, 1.54) is 0 Å². The maximum absolute atomic E-state index is 12.0. The van der Waals surface area contributed by atoms with Gasteiger partial charge in [-0.2, -0.15) is 4.98 Å². The van der Waals surface area contributed by atoms with E-state index >= 15 is 0 Å². The van der Waals surface area contributed by atoms with Crippen molar-refractivity contribution in [3.8, 4) is 11.1 Å². The van der Waals surface area contributed by atoms with Crippen molar-refractivity contribution >= 4 is 28.5 Å². The van der Waals surface area contributed by atoms with E-state index in [9.17, 15) is 4.79 Å². The molecule has 2 N–H and O–H groups in total. The molecule has 8 nitrogen and oxygen atoms in total. The van der Waals surface area contributed by atoms with Crippen molar-refractivity contribution in [1.29, 1.82) is 0 Å². The topological polar surface area (TPSA) is 91.2 Å². The number of fused-ring (bicyclic) bond motifs is 2. The molecule has 0 radical (unpaired) electrons. The second kappa shape index (κ2) is 7.37. The number of hydrogen-bond donors (Lipinski definition) is 2. The Balaban J connectivity index is 1.16. The van der Waals surface area contributed by atoms with E-state index in [2.05, 4.69) is 37.4 Å². The number of imidazole rings is 1. The van der Waals surface area contributed by atoms with Crippen molar-refractivity contribution in [1.82, 2.24) is 29.2 Å². The Morgan fingerprint density at radius 2 is 2.03 bits per heavy atom. The summed E-state index contributed by atoms with van der Waals surface area (Å²) in [5, 5.41) is 4.51. The Morgan fingerprint density at radius 3 is 2.87 bits per heavy atom. The number of H-pyrrole nitrogens is 1. The second-order valence-corrected chi connectivity index (χ2v) is 8.61. The van der Waals surface area contributed by atoms with Crippen LogP contribution in [0.2, 0.25) is 0 Å². The Hall–Kier alpha value is -3.42. The number of pyridine rings is 1. The summed E-state index contributed by atoms with van der Waals surface area (Å²) in [6.07, 6.45) is 15.6. The minimum atomic E-state index is 0.333. The number of carbonyl (C=O) groups excluding carboxylic acids is 1. The van der Waals surface area contributed by atoms with Gasteiger partial charge in [0.15, 0.2) is 0 Å². The molecule has 1 aliphatic carbocycles. The zero-order valence-corrected chi connectivity index (χ0v) is 17.3. The molecule has 0 unspecified atom stereocenters. The van der Waals surface area contributed by atoms with Crippen LogP contribution < -0.4 is 5.32 Å². The second-order valence-electron chi connectivity index (χ2n) is 8.61. The molecular weight excluding hydrogens is 390 g/mol. The number of rotatable bonds is 4. The zero-order chi connectivity index (χ0) is 20.8. The third kappa shape index (κ3) is 3.32. The standard InChI is InChI=1S/C23H25N7O/c31-21-2-1-10-30(21)17-6-4-16(5-7-17)27-23-26-13-19-18(12-25-22(19)28-23)15-3-8-20-24-9-11-29(20)14-15/h3,8-9,11-14,16-17H,1-2,4-7,10H2,(H2,25,26,27,28)/t16-,17+. The summed E-state index contributed by atoms with van der Waals surface area (Å²) < 4.78 is 2.01. The highest BCUT2D eigenvalue weighted by molar-refractivity contribution is 5.93. The highest BCUT2D eigenvalue weighted by atomic mass is 16.2. The summed E-state index contributed by atoms with van der Waals surface area (Å²) >= 11 is 0. The average Bonchev–Trinajstić information content (AvgIpc) is 3.53. The van der Waals surface area contributed by atoms with E-state index in [-0.39, 0.29) is 0 Å².